The Bertz CT molecular complexity index is 117. The predicted molar refractivity (Wildman–Crippen MR) is 46.6 cm³/mol. The molecule has 0 N–H and O–H groups in total. The highest BCUT2D eigenvalue weighted by molar-refractivity contribution is 6.70. The SMILES string of the molecule is CN(C)/N=C/O[Si](C)(C)C. The van der Waals surface area contributed by atoms with Gasteiger partial charge in [0.15, 0.2) is 6.40 Å². The van der Waals surface area contributed by atoms with Crippen molar-refractivity contribution in [1.82, 2.24) is 5.01 Å². The molecule has 4 heteroatoms. The van der Waals surface area contributed by atoms with E-state index >= 15 is 0 Å². The molecule has 0 amide bonds. The van der Waals surface area contributed by atoms with Crippen LogP contribution in [0.5, 0.6) is 0 Å². The smallest absolute Gasteiger partial charge is 0.243 e. The third kappa shape index (κ3) is 7.49. The van der Waals surface area contributed by atoms with Crippen LogP contribution in [0.25, 0.3) is 0 Å². The Balaban J connectivity index is 3.54. The second-order valence-corrected chi connectivity index (χ2v) is 7.76. The molecule has 0 rings (SSSR count). The summed E-state index contributed by atoms with van der Waals surface area (Å²) in [4.78, 5) is 0. The fourth-order valence-electron chi connectivity index (χ4n) is 0.276. The van der Waals surface area contributed by atoms with Crippen molar-refractivity contribution < 1.29 is 4.43 Å². The molecule has 0 saturated carbocycles. The van der Waals surface area contributed by atoms with E-state index in [2.05, 4.69) is 24.7 Å². The fourth-order valence-corrected chi connectivity index (χ4v) is 0.639. The van der Waals surface area contributed by atoms with E-state index in [1.807, 2.05) is 14.1 Å². The molecule has 0 radical (unpaired) electrons. The van der Waals surface area contributed by atoms with Crippen molar-refractivity contribution in [3.63, 3.8) is 0 Å². The Morgan fingerprint density at radius 2 is 1.80 bits per heavy atom. The molecule has 0 spiro atoms. The average molecular weight is 160 g/mol. The maximum absolute atomic E-state index is 5.35. The van der Waals surface area contributed by atoms with Gasteiger partial charge < -0.3 is 9.43 Å². The Labute approximate surface area is 63.8 Å². The molecule has 0 saturated heterocycles. The van der Waals surface area contributed by atoms with Gasteiger partial charge in [0.1, 0.15) is 0 Å². The molecule has 0 bridgehead atoms. The highest BCUT2D eigenvalue weighted by atomic mass is 28.4. The van der Waals surface area contributed by atoms with Crippen LogP contribution in [0.4, 0.5) is 0 Å². The molecule has 0 atom stereocenters. The van der Waals surface area contributed by atoms with Gasteiger partial charge in [0.2, 0.25) is 8.32 Å². The maximum Gasteiger partial charge on any atom is 0.243 e. The minimum atomic E-state index is -1.40. The molecule has 0 aliphatic carbocycles. The molecule has 0 aromatic carbocycles. The van der Waals surface area contributed by atoms with Gasteiger partial charge in [-0.1, -0.05) is 0 Å². The first-order chi connectivity index (χ1) is 4.42. The first-order valence-corrected chi connectivity index (χ1v) is 6.70. The summed E-state index contributed by atoms with van der Waals surface area (Å²) >= 11 is 0. The standard InChI is InChI=1S/C6H16N2OSi/c1-8(2)7-6-9-10(3,4)5/h6H,1-5H3/b7-6+. The van der Waals surface area contributed by atoms with E-state index in [1.54, 1.807) is 5.01 Å². The van der Waals surface area contributed by atoms with E-state index in [4.69, 9.17) is 4.43 Å². The maximum atomic E-state index is 5.35. The Morgan fingerprint density at radius 3 is 2.10 bits per heavy atom. The van der Waals surface area contributed by atoms with Gasteiger partial charge in [-0.2, -0.15) is 0 Å². The zero-order chi connectivity index (χ0) is 8.20. The molecule has 0 aliphatic heterocycles. The molecule has 60 valence electrons. The normalized spacial score (nSPS) is 12.1. The third-order valence-electron chi connectivity index (χ3n) is 0.684. The van der Waals surface area contributed by atoms with Gasteiger partial charge in [-0.3, -0.25) is 0 Å². The summed E-state index contributed by atoms with van der Waals surface area (Å²) in [7, 11) is 2.33. The van der Waals surface area contributed by atoms with Crippen molar-refractivity contribution in [2.24, 2.45) is 5.10 Å². The summed E-state index contributed by atoms with van der Waals surface area (Å²) in [5, 5.41) is 5.64. The van der Waals surface area contributed by atoms with Gasteiger partial charge in [-0.15, -0.1) is 5.10 Å². The number of hydrogen-bond acceptors (Lipinski definition) is 3. The topological polar surface area (TPSA) is 24.8 Å². The lowest BCUT2D eigenvalue weighted by Crippen LogP contribution is -2.24. The minimum absolute atomic E-state index is 1.40. The number of hydrazone groups is 1. The van der Waals surface area contributed by atoms with Crippen molar-refractivity contribution in [3.05, 3.63) is 0 Å². The third-order valence-corrected chi connectivity index (χ3v) is 1.50. The van der Waals surface area contributed by atoms with Crippen LogP contribution in [0.1, 0.15) is 0 Å². The highest BCUT2D eigenvalue weighted by Crippen LogP contribution is 1.99. The van der Waals surface area contributed by atoms with Gasteiger partial charge in [-0.05, 0) is 19.6 Å². The fraction of sp³-hybridized carbons (Fsp3) is 0.833. The van der Waals surface area contributed by atoms with Gasteiger partial charge in [0.25, 0.3) is 0 Å². The van der Waals surface area contributed by atoms with E-state index in [1.165, 1.54) is 6.40 Å². The quantitative estimate of drug-likeness (QED) is 0.269. The number of hydrogen-bond donors (Lipinski definition) is 0. The molecule has 0 fully saturated rings. The van der Waals surface area contributed by atoms with Crippen LogP contribution in [0.15, 0.2) is 5.10 Å². The van der Waals surface area contributed by atoms with Crippen LogP contribution >= 0.6 is 0 Å². The van der Waals surface area contributed by atoms with Crippen LogP contribution in [0, 0.1) is 0 Å². The van der Waals surface area contributed by atoms with Gasteiger partial charge in [0.05, 0.1) is 0 Å². The lowest BCUT2D eigenvalue weighted by atomic mass is 11.2. The van der Waals surface area contributed by atoms with Crippen molar-refractivity contribution in [1.29, 1.82) is 0 Å². The Morgan fingerprint density at radius 1 is 1.30 bits per heavy atom. The van der Waals surface area contributed by atoms with Crippen LogP contribution in [-0.4, -0.2) is 33.8 Å². The first-order valence-electron chi connectivity index (χ1n) is 3.29. The number of rotatable bonds is 3. The second kappa shape index (κ2) is 3.61. The Hall–Kier alpha value is -0.513. The zero-order valence-corrected chi connectivity index (χ0v) is 8.38. The average Bonchev–Trinajstić information content (AvgIpc) is 1.59. The molecule has 3 nitrogen and oxygen atoms in total. The van der Waals surface area contributed by atoms with E-state index in [0.717, 1.165) is 0 Å². The predicted octanol–water partition coefficient (Wildman–Crippen LogP) is 1.34. The lowest BCUT2D eigenvalue weighted by Gasteiger charge is -2.14. The van der Waals surface area contributed by atoms with Gasteiger partial charge >= 0.3 is 0 Å². The monoisotopic (exact) mass is 160 g/mol. The summed E-state index contributed by atoms with van der Waals surface area (Å²) in [6, 6.07) is 0. The molecule has 10 heavy (non-hydrogen) atoms. The molecule has 0 heterocycles. The van der Waals surface area contributed by atoms with Crippen LogP contribution in [0.2, 0.25) is 19.6 Å². The molecular weight excluding hydrogens is 144 g/mol. The highest BCUT2D eigenvalue weighted by Gasteiger charge is 2.13. The first kappa shape index (κ1) is 9.49. The van der Waals surface area contributed by atoms with E-state index in [0.29, 0.717) is 0 Å². The molecule has 0 aliphatic rings. The van der Waals surface area contributed by atoms with E-state index in [-0.39, 0.29) is 0 Å². The summed E-state index contributed by atoms with van der Waals surface area (Å²) in [5.74, 6) is 0. The van der Waals surface area contributed by atoms with Crippen LogP contribution < -0.4 is 0 Å². The summed E-state index contributed by atoms with van der Waals surface area (Å²) in [5.41, 5.74) is 0. The summed E-state index contributed by atoms with van der Waals surface area (Å²) in [6.07, 6.45) is 1.52. The zero-order valence-electron chi connectivity index (χ0n) is 7.38. The van der Waals surface area contributed by atoms with Crippen molar-refractivity contribution in [3.8, 4) is 0 Å². The van der Waals surface area contributed by atoms with Gasteiger partial charge in [-0.25, -0.2) is 0 Å². The van der Waals surface area contributed by atoms with Crippen molar-refractivity contribution >= 4 is 14.7 Å². The largest absolute Gasteiger partial charge is 0.536 e. The molecule has 0 unspecified atom stereocenters. The lowest BCUT2D eigenvalue weighted by molar-refractivity contribution is 0.421. The Kier molecular flexibility index (Phi) is 3.42. The van der Waals surface area contributed by atoms with E-state index < -0.39 is 8.32 Å². The minimum Gasteiger partial charge on any atom is -0.536 e. The second-order valence-electron chi connectivity index (χ2n) is 3.30. The van der Waals surface area contributed by atoms with Crippen molar-refractivity contribution in [2.75, 3.05) is 14.1 Å². The number of nitrogens with zero attached hydrogens (tertiary/aromatic N) is 2. The van der Waals surface area contributed by atoms with Crippen LogP contribution in [-0.2, 0) is 4.43 Å². The summed E-state index contributed by atoms with van der Waals surface area (Å²) in [6.45, 7) is 6.36. The molecule has 0 aromatic heterocycles. The van der Waals surface area contributed by atoms with E-state index in [9.17, 15) is 0 Å². The molecule has 0 aromatic rings. The molecular formula is C6H16N2OSi. The van der Waals surface area contributed by atoms with Crippen molar-refractivity contribution in [2.45, 2.75) is 19.6 Å². The van der Waals surface area contributed by atoms with Gasteiger partial charge in [0, 0.05) is 14.1 Å². The summed E-state index contributed by atoms with van der Waals surface area (Å²) < 4.78 is 5.35. The van der Waals surface area contributed by atoms with Crippen LogP contribution in [0.3, 0.4) is 0 Å².